The van der Waals surface area contributed by atoms with Crippen molar-refractivity contribution in [2.24, 2.45) is 34.5 Å². The van der Waals surface area contributed by atoms with Crippen LogP contribution in [0.3, 0.4) is 0 Å². The van der Waals surface area contributed by atoms with Crippen LogP contribution in [0.15, 0.2) is 34.9 Å². The molecule has 5 rings (SSSR count). The quantitative estimate of drug-likeness (QED) is 0.613. The summed E-state index contributed by atoms with van der Waals surface area (Å²) in [4.78, 5) is 0. The largest absolute Gasteiger partial charge is 0.399 e. The van der Waals surface area contributed by atoms with Gasteiger partial charge in [0.15, 0.2) is 0 Å². The van der Waals surface area contributed by atoms with Gasteiger partial charge in [-0.15, -0.1) is 11.8 Å². The normalized spacial score (nSPS) is 37.9. The molecule has 6 heteroatoms. The lowest BCUT2D eigenvalue weighted by molar-refractivity contribution is 0.329. The van der Waals surface area contributed by atoms with E-state index in [1.165, 1.54) is 36.9 Å². The molecule has 6 N–H and O–H groups in total. The zero-order valence-corrected chi connectivity index (χ0v) is 15.7. The lowest BCUT2D eigenvalue weighted by Gasteiger charge is -2.33. The van der Waals surface area contributed by atoms with Crippen LogP contribution < -0.4 is 22.2 Å². The first kappa shape index (κ1) is 16.7. The molecule has 5 nitrogen and oxygen atoms in total. The van der Waals surface area contributed by atoms with Crippen LogP contribution in [-0.4, -0.2) is 23.5 Å². The number of thioether (sulfide) groups is 1. The number of hydrogen-bond donors (Lipinski definition) is 4. The zero-order valence-electron chi connectivity index (χ0n) is 14.9. The maximum atomic E-state index is 5.96. The number of hydrogen-bond acceptors (Lipinski definition) is 6. The fourth-order valence-corrected chi connectivity index (χ4v) is 6.47. The van der Waals surface area contributed by atoms with E-state index in [1.807, 2.05) is 23.9 Å². The van der Waals surface area contributed by atoms with Gasteiger partial charge >= 0.3 is 0 Å². The Labute approximate surface area is 159 Å². The summed E-state index contributed by atoms with van der Waals surface area (Å²) >= 11 is 1.84. The molecule has 1 aromatic rings. The average Bonchev–Trinajstić information content (AvgIpc) is 3.35. The van der Waals surface area contributed by atoms with Crippen LogP contribution in [0.25, 0.3) is 5.70 Å². The smallest absolute Gasteiger partial charge is 0.103 e. The molecule has 4 aliphatic rings. The van der Waals surface area contributed by atoms with Crippen LogP contribution in [0, 0.1) is 23.7 Å². The molecule has 2 heterocycles. The Morgan fingerprint density at radius 1 is 1.15 bits per heavy atom. The number of anilines is 1. The van der Waals surface area contributed by atoms with Crippen molar-refractivity contribution >= 4 is 29.4 Å². The molecule has 26 heavy (non-hydrogen) atoms. The molecule has 1 saturated heterocycles. The molecule has 1 aromatic carbocycles. The fraction of sp³-hybridized carbons (Fsp3) is 0.550. The Morgan fingerprint density at radius 2 is 2.00 bits per heavy atom. The average molecular weight is 370 g/mol. The van der Waals surface area contributed by atoms with Gasteiger partial charge < -0.3 is 11.5 Å². The van der Waals surface area contributed by atoms with Gasteiger partial charge in [0.05, 0.1) is 5.70 Å². The van der Waals surface area contributed by atoms with Crippen LogP contribution in [-0.2, 0) is 0 Å². The molecule has 2 saturated carbocycles. The highest BCUT2D eigenvalue weighted by Crippen LogP contribution is 2.58. The summed E-state index contributed by atoms with van der Waals surface area (Å²) in [5, 5.41) is 7.97. The second kappa shape index (κ2) is 6.59. The van der Waals surface area contributed by atoms with Crippen molar-refractivity contribution in [2.45, 2.75) is 37.2 Å². The molecule has 2 aliphatic carbocycles. The second-order valence-electron chi connectivity index (χ2n) is 8.16. The van der Waals surface area contributed by atoms with Crippen LogP contribution in [0.2, 0.25) is 0 Å². The zero-order chi connectivity index (χ0) is 17.7. The molecule has 0 radical (unpaired) electrons. The Morgan fingerprint density at radius 3 is 2.77 bits per heavy atom. The lowest BCUT2D eigenvalue weighted by atomic mass is 9.74. The topological polar surface area (TPSA) is 88.5 Å². The van der Waals surface area contributed by atoms with Crippen molar-refractivity contribution in [3.05, 3.63) is 35.4 Å². The van der Waals surface area contributed by atoms with E-state index in [1.54, 1.807) is 5.57 Å². The van der Waals surface area contributed by atoms with Crippen LogP contribution in [0.1, 0.15) is 31.2 Å². The van der Waals surface area contributed by atoms with E-state index in [2.05, 4.69) is 34.2 Å². The molecule has 138 valence electrons. The number of allylic oxidation sites excluding steroid dienone is 1. The minimum atomic E-state index is 0.128. The summed E-state index contributed by atoms with van der Waals surface area (Å²) in [7, 11) is 0. The maximum Gasteiger partial charge on any atom is 0.103 e. The number of nitrogens with zero attached hydrogens (tertiary/aromatic N) is 1. The van der Waals surface area contributed by atoms with Gasteiger partial charge in [0.1, 0.15) is 5.50 Å². The van der Waals surface area contributed by atoms with Crippen molar-refractivity contribution in [2.75, 3.05) is 11.5 Å². The Bertz CT molecular complexity index is 743. The highest BCUT2D eigenvalue weighted by molar-refractivity contribution is 8.00. The van der Waals surface area contributed by atoms with Gasteiger partial charge in [-0.2, -0.15) is 5.10 Å². The summed E-state index contributed by atoms with van der Waals surface area (Å²) < 4.78 is 0. The van der Waals surface area contributed by atoms with Gasteiger partial charge in [-0.3, -0.25) is 10.7 Å². The molecule has 6 unspecified atom stereocenters. The van der Waals surface area contributed by atoms with E-state index >= 15 is 0 Å². The number of benzene rings is 1. The summed E-state index contributed by atoms with van der Waals surface area (Å²) in [6, 6.07) is 8.78. The van der Waals surface area contributed by atoms with Gasteiger partial charge in [0.2, 0.25) is 0 Å². The van der Waals surface area contributed by atoms with Crippen molar-refractivity contribution in [1.29, 1.82) is 0 Å². The van der Waals surface area contributed by atoms with Gasteiger partial charge in [0.25, 0.3) is 0 Å². The molecule has 0 amide bonds. The molecular weight excluding hydrogens is 342 g/mol. The first-order chi connectivity index (χ1) is 12.7. The van der Waals surface area contributed by atoms with E-state index in [0.29, 0.717) is 17.9 Å². The van der Waals surface area contributed by atoms with Crippen molar-refractivity contribution in [1.82, 2.24) is 10.7 Å². The van der Waals surface area contributed by atoms with Crippen LogP contribution in [0.5, 0.6) is 0 Å². The number of nitrogens with one attached hydrogen (secondary N) is 2. The van der Waals surface area contributed by atoms with E-state index < -0.39 is 0 Å². The molecule has 3 fully saturated rings. The van der Waals surface area contributed by atoms with E-state index in [4.69, 9.17) is 11.5 Å². The van der Waals surface area contributed by atoms with Crippen LogP contribution >= 0.6 is 11.8 Å². The van der Waals surface area contributed by atoms with Gasteiger partial charge in [-0.1, -0.05) is 12.1 Å². The number of hydrazone groups is 1. The number of rotatable bonds is 4. The minimum absolute atomic E-state index is 0.128. The lowest BCUT2D eigenvalue weighted by Crippen LogP contribution is -2.36. The van der Waals surface area contributed by atoms with Crippen molar-refractivity contribution in [3.63, 3.8) is 0 Å². The molecule has 0 spiro atoms. The van der Waals surface area contributed by atoms with Crippen molar-refractivity contribution in [3.8, 4) is 0 Å². The number of nitrogen functional groups attached to an aromatic ring is 1. The standard InChI is InChI=1S/C20H27N5S/c21-14-4-1-11(2-5-14)19-18-16-8-13(17(18)9-23-25-19)7-12(16)3-6-15-10-26-20(22)24-15/h1-2,4-5,9,12-13,15-17,20,24-25H,3,6-8,10,21-22H2. The summed E-state index contributed by atoms with van der Waals surface area (Å²) in [6.45, 7) is 0. The third kappa shape index (κ3) is 2.84. The summed E-state index contributed by atoms with van der Waals surface area (Å²) in [5.41, 5.74) is 20.1. The van der Waals surface area contributed by atoms with Gasteiger partial charge in [-0.25, -0.2) is 0 Å². The Kier molecular flexibility index (Phi) is 4.22. The summed E-state index contributed by atoms with van der Waals surface area (Å²) in [6.07, 6.45) is 7.36. The third-order valence-electron chi connectivity index (χ3n) is 6.66. The highest BCUT2D eigenvalue weighted by Gasteiger charge is 2.50. The first-order valence-electron chi connectivity index (χ1n) is 9.71. The van der Waals surface area contributed by atoms with Crippen molar-refractivity contribution < 1.29 is 0 Å². The third-order valence-corrected chi connectivity index (χ3v) is 7.75. The number of nitrogens with two attached hydrogens (primary N) is 2. The molecule has 0 aromatic heterocycles. The Hall–Kier alpha value is -1.50. The highest BCUT2D eigenvalue weighted by atomic mass is 32.2. The fourth-order valence-electron chi connectivity index (χ4n) is 5.47. The predicted molar refractivity (Wildman–Crippen MR) is 109 cm³/mol. The summed E-state index contributed by atoms with van der Waals surface area (Å²) in [5.74, 6) is 3.94. The second-order valence-corrected chi connectivity index (χ2v) is 9.34. The SMILES string of the molecule is Nc1ccc(C2=C3C(C=NN2)C2CC(CCC4CSC(N)N4)C3C2)cc1. The van der Waals surface area contributed by atoms with E-state index in [0.717, 1.165) is 23.3 Å². The number of fused-ring (bicyclic) bond motifs is 5. The monoisotopic (exact) mass is 369 g/mol. The predicted octanol–water partition coefficient (Wildman–Crippen LogP) is 2.57. The van der Waals surface area contributed by atoms with Gasteiger partial charge in [0, 0.05) is 29.6 Å². The molecule has 6 atom stereocenters. The molecule has 2 aliphatic heterocycles. The maximum absolute atomic E-state index is 5.96. The van der Waals surface area contributed by atoms with Crippen LogP contribution in [0.4, 0.5) is 5.69 Å². The van der Waals surface area contributed by atoms with Gasteiger partial charge in [-0.05, 0) is 66.7 Å². The first-order valence-corrected chi connectivity index (χ1v) is 10.8. The van der Waals surface area contributed by atoms with E-state index in [-0.39, 0.29) is 5.50 Å². The minimum Gasteiger partial charge on any atom is -0.399 e. The Balaban J connectivity index is 1.36. The molecule has 2 bridgehead atoms. The molecular formula is C20H27N5S. The van der Waals surface area contributed by atoms with E-state index in [9.17, 15) is 0 Å².